The summed E-state index contributed by atoms with van der Waals surface area (Å²) in [7, 11) is 0. The molecule has 2 N–H and O–H groups in total. The number of carbonyl (C=O) groups is 1. The number of thioether (sulfide) groups is 1. The summed E-state index contributed by atoms with van der Waals surface area (Å²) < 4.78 is 2.03. The Kier molecular flexibility index (Phi) is 5.49. The van der Waals surface area contributed by atoms with E-state index in [4.69, 9.17) is 0 Å². The Hall–Kier alpha value is -1.09. The molecule has 1 saturated heterocycles. The number of carbonyl (C=O) groups excluding carboxylic acids is 1. The lowest BCUT2D eigenvalue weighted by atomic mass is 10.2. The summed E-state index contributed by atoms with van der Waals surface area (Å²) in [4.78, 5) is 17.1. The van der Waals surface area contributed by atoms with Crippen molar-refractivity contribution in [2.75, 3.05) is 0 Å². The lowest BCUT2D eigenvalue weighted by molar-refractivity contribution is -0.115. The van der Waals surface area contributed by atoms with E-state index in [1.54, 1.807) is 18.2 Å². The van der Waals surface area contributed by atoms with Gasteiger partial charge in [0.05, 0.1) is 19.5 Å². The summed E-state index contributed by atoms with van der Waals surface area (Å²) in [6, 6.07) is 11.0. The Labute approximate surface area is 167 Å². The van der Waals surface area contributed by atoms with Crippen LogP contribution >= 0.6 is 59.6 Å². The van der Waals surface area contributed by atoms with Crippen molar-refractivity contribution in [3.8, 4) is 5.75 Å². The van der Waals surface area contributed by atoms with E-state index in [0.717, 1.165) is 15.7 Å². The van der Waals surface area contributed by atoms with Crippen molar-refractivity contribution < 1.29 is 9.90 Å². The molecule has 0 unspecified atom stereocenters. The van der Waals surface area contributed by atoms with Gasteiger partial charge in [-0.25, -0.2) is 4.99 Å². The second-order valence-electron chi connectivity index (χ2n) is 4.79. The highest BCUT2D eigenvalue weighted by molar-refractivity contribution is 9.11. The van der Waals surface area contributed by atoms with Crippen molar-refractivity contribution in [3.63, 3.8) is 0 Å². The van der Waals surface area contributed by atoms with Crippen molar-refractivity contribution in [1.29, 1.82) is 0 Å². The van der Waals surface area contributed by atoms with Gasteiger partial charge in [0.25, 0.3) is 5.91 Å². The molecular formula is C16H9Br3N2O2S. The van der Waals surface area contributed by atoms with Crippen molar-refractivity contribution in [2.45, 2.75) is 0 Å². The zero-order valence-electron chi connectivity index (χ0n) is 11.9. The first-order chi connectivity index (χ1) is 11.4. The number of rotatable bonds is 2. The highest BCUT2D eigenvalue weighted by Gasteiger charge is 2.24. The molecule has 0 atom stereocenters. The van der Waals surface area contributed by atoms with Gasteiger partial charge in [-0.3, -0.25) is 4.79 Å². The van der Waals surface area contributed by atoms with Gasteiger partial charge >= 0.3 is 0 Å². The Morgan fingerprint density at radius 1 is 1.12 bits per heavy atom. The van der Waals surface area contributed by atoms with Crippen molar-refractivity contribution in [3.05, 3.63) is 60.3 Å². The molecule has 3 rings (SSSR count). The average molecular weight is 533 g/mol. The zero-order valence-corrected chi connectivity index (χ0v) is 17.5. The normalized spacial score (nSPS) is 17.5. The summed E-state index contributed by atoms with van der Waals surface area (Å²) in [5, 5.41) is 13.0. The van der Waals surface area contributed by atoms with Gasteiger partial charge in [0.1, 0.15) is 5.75 Å². The lowest BCUT2D eigenvalue weighted by Crippen LogP contribution is -2.19. The van der Waals surface area contributed by atoms with Crippen LogP contribution in [0.25, 0.3) is 6.08 Å². The molecule has 0 spiro atoms. The van der Waals surface area contributed by atoms with Crippen LogP contribution in [-0.2, 0) is 4.79 Å². The molecule has 1 amide bonds. The van der Waals surface area contributed by atoms with E-state index in [-0.39, 0.29) is 11.7 Å². The molecule has 8 heteroatoms. The predicted octanol–water partition coefficient (Wildman–Crippen LogP) is 5.57. The summed E-state index contributed by atoms with van der Waals surface area (Å²) in [5.41, 5.74) is 1.54. The van der Waals surface area contributed by atoms with E-state index in [9.17, 15) is 9.90 Å². The Bertz CT molecular complexity index is 874. The summed E-state index contributed by atoms with van der Waals surface area (Å²) >= 11 is 11.2. The SMILES string of the molecule is O=C1NC(=Nc2cccc(Br)c2)S/C1=C\c1cc(Br)c(O)c(Br)c1. The van der Waals surface area contributed by atoms with Gasteiger partial charge in [0.2, 0.25) is 0 Å². The fourth-order valence-corrected chi connectivity index (χ4v) is 4.41. The fraction of sp³-hybridized carbons (Fsp3) is 0. The molecule has 1 aliphatic heterocycles. The van der Waals surface area contributed by atoms with Gasteiger partial charge in [-0.15, -0.1) is 0 Å². The van der Waals surface area contributed by atoms with E-state index >= 15 is 0 Å². The van der Waals surface area contributed by atoms with Crippen molar-refractivity contribution in [1.82, 2.24) is 5.32 Å². The number of nitrogens with one attached hydrogen (secondary N) is 1. The number of amides is 1. The molecule has 4 nitrogen and oxygen atoms in total. The van der Waals surface area contributed by atoms with Crippen LogP contribution in [0.4, 0.5) is 5.69 Å². The zero-order chi connectivity index (χ0) is 17.3. The Morgan fingerprint density at radius 2 is 1.83 bits per heavy atom. The number of hydrogen-bond acceptors (Lipinski definition) is 4. The molecule has 1 aliphatic rings. The lowest BCUT2D eigenvalue weighted by Gasteiger charge is -2.02. The van der Waals surface area contributed by atoms with Crippen LogP contribution in [-0.4, -0.2) is 16.2 Å². The van der Waals surface area contributed by atoms with Gasteiger partial charge in [0.15, 0.2) is 5.17 Å². The van der Waals surface area contributed by atoms with Crippen LogP contribution in [0.5, 0.6) is 5.75 Å². The van der Waals surface area contributed by atoms with E-state index in [1.807, 2.05) is 24.3 Å². The number of aromatic hydroxyl groups is 1. The van der Waals surface area contributed by atoms with Gasteiger partial charge < -0.3 is 10.4 Å². The number of hydrogen-bond donors (Lipinski definition) is 2. The van der Waals surface area contributed by atoms with Crippen LogP contribution in [0.1, 0.15) is 5.56 Å². The molecule has 0 aromatic heterocycles. The van der Waals surface area contributed by atoms with E-state index in [1.165, 1.54) is 11.8 Å². The monoisotopic (exact) mass is 530 g/mol. The number of phenolic OH excluding ortho intramolecular Hbond substituents is 1. The van der Waals surface area contributed by atoms with Crippen LogP contribution in [0.2, 0.25) is 0 Å². The van der Waals surface area contributed by atoms with E-state index in [2.05, 4.69) is 58.1 Å². The number of aliphatic imine (C=N–C) groups is 1. The molecule has 0 saturated carbocycles. The Balaban J connectivity index is 1.87. The van der Waals surface area contributed by atoms with Gasteiger partial charge in [-0.1, -0.05) is 22.0 Å². The molecule has 1 heterocycles. The van der Waals surface area contributed by atoms with Crippen LogP contribution in [0.3, 0.4) is 0 Å². The highest BCUT2D eigenvalue weighted by Crippen LogP contribution is 2.35. The fourth-order valence-electron chi connectivity index (χ4n) is 1.96. The number of benzene rings is 2. The minimum Gasteiger partial charge on any atom is -0.506 e. The summed E-state index contributed by atoms with van der Waals surface area (Å²) in [5.74, 6) is -0.0772. The molecular weight excluding hydrogens is 524 g/mol. The maximum absolute atomic E-state index is 12.1. The average Bonchev–Trinajstić information content (AvgIpc) is 2.84. The van der Waals surface area contributed by atoms with Crippen molar-refractivity contribution >= 4 is 82.4 Å². The highest BCUT2D eigenvalue weighted by atomic mass is 79.9. The van der Waals surface area contributed by atoms with E-state index in [0.29, 0.717) is 19.0 Å². The molecule has 24 heavy (non-hydrogen) atoms. The maximum Gasteiger partial charge on any atom is 0.264 e. The first-order valence-electron chi connectivity index (χ1n) is 6.65. The summed E-state index contributed by atoms with van der Waals surface area (Å²) in [6.07, 6.45) is 1.75. The number of halogens is 3. The molecule has 122 valence electrons. The minimum absolute atomic E-state index is 0.123. The molecule has 0 aliphatic carbocycles. The molecule has 0 bridgehead atoms. The topological polar surface area (TPSA) is 61.7 Å². The van der Waals surface area contributed by atoms with Crippen LogP contribution in [0, 0.1) is 0 Å². The third-order valence-corrected chi connectivity index (χ3v) is 5.64. The molecule has 2 aromatic carbocycles. The smallest absolute Gasteiger partial charge is 0.264 e. The van der Waals surface area contributed by atoms with Gasteiger partial charge in [0, 0.05) is 4.47 Å². The second kappa shape index (κ2) is 7.43. The quantitative estimate of drug-likeness (QED) is 0.497. The largest absolute Gasteiger partial charge is 0.506 e. The third-order valence-electron chi connectivity index (χ3n) is 3.03. The molecule has 0 radical (unpaired) electrons. The maximum atomic E-state index is 12.1. The summed E-state index contributed by atoms with van der Waals surface area (Å²) in [6.45, 7) is 0. The van der Waals surface area contributed by atoms with Crippen LogP contribution < -0.4 is 5.32 Å². The van der Waals surface area contributed by atoms with E-state index < -0.39 is 0 Å². The Morgan fingerprint density at radius 3 is 2.50 bits per heavy atom. The number of amidine groups is 1. The first-order valence-corrected chi connectivity index (χ1v) is 9.85. The predicted molar refractivity (Wildman–Crippen MR) is 108 cm³/mol. The number of phenols is 1. The molecule has 2 aromatic rings. The second-order valence-corrected chi connectivity index (χ2v) is 8.45. The minimum atomic E-state index is -0.200. The van der Waals surface area contributed by atoms with Crippen molar-refractivity contribution in [2.24, 2.45) is 4.99 Å². The molecule has 1 fully saturated rings. The van der Waals surface area contributed by atoms with Gasteiger partial charge in [-0.2, -0.15) is 0 Å². The number of nitrogens with zero attached hydrogens (tertiary/aromatic N) is 1. The van der Waals surface area contributed by atoms with Crippen LogP contribution in [0.15, 0.2) is 59.7 Å². The first kappa shape index (κ1) is 17.7. The standard InChI is InChI=1S/C16H9Br3N2O2S/c17-9-2-1-3-10(7-9)20-16-21-15(23)13(24-16)6-8-4-11(18)14(22)12(19)5-8/h1-7,22H,(H,20,21,23)/b13-6-. The third kappa shape index (κ3) is 4.11. The van der Waals surface area contributed by atoms with Gasteiger partial charge in [-0.05, 0) is 85.6 Å².